The van der Waals surface area contributed by atoms with Crippen LogP contribution in [0, 0.1) is 0 Å². The Balaban J connectivity index is 0. The van der Waals surface area contributed by atoms with Gasteiger partial charge in [0.05, 0.1) is 0 Å². The fourth-order valence-electron chi connectivity index (χ4n) is 1.86. The Morgan fingerprint density at radius 1 is 0.923 bits per heavy atom. The Bertz CT molecular complexity index is 77.1. The van der Waals surface area contributed by atoms with Crippen LogP contribution in [0.4, 0.5) is 0 Å². The third kappa shape index (κ3) is 6.09. The molecule has 0 saturated heterocycles. The van der Waals surface area contributed by atoms with E-state index < -0.39 is 0 Å². The summed E-state index contributed by atoms with van der Waals surface area (Å²) in [5, 5.41) is 3.47. The SMILES string of the molecule is CC.CCCC(CC)(CCC)NC. The molecule has 1 heteroatoms. The topological polar surface area (TPSA) is 12.0 Å². The molecular formula is C12H29N. The van der Waals surface area contributed by atoms with E-state index in [2.05, 4.69) is 33.1 Å². The minimum Gasteiger partial charge on any atom is -0.314 e. The molecular weight excluding hydrogens is 158 g/mol. The summed E-state index contributed by atoms with van der Waals surface area (Å²) < 4.78 is 0. The first-order valence-electron chi connectivity index (χ1n) is 5.93. The molecule has 0 aliphatic rings. The van der Waals surface area contributed by atoms with E-state index >= 15 is 0 Å². The lowest BCUT2D eigenvalue weighted by Gasteiger charge is -2.32. The molecule has 0 fully saturated rings. The van der Waals surface area contributed by atoms with Gasteiger partial charge in [0.2, 0.25) is 0 Å². The van der Waals surface area contributed by atoms with E-state index in [1.54, 1.807) is 0 Å². The monoisotopic (exact) mass is 187 g/mol. The van der Waals surface area contributed by atoms with Crippen LogP contribution in [0.2, 0.25) is 0 Å². The van der Waals surface area contributed by atoms with Gasteiger partial charge in [0.25, 0.3) is 0 Å². The highest BCUT2D eigenvalue weighted by Gasteiger charge is 2.22. The third-order valence-electron chi connectivity index (χ3n) is 2.66. The smallest absolute Gasteiger partial charge is 0.0175 e. The normalized spacial score (nSPS) is 10.6. The van der Waals surface area contributed by atoms with Crippen molar-refractivity contribution in [3.8, 4) is 0 Å². The molecule has 1 N–H and O–H groups in total. The lowest BCUT2D eigenvalue weighted by Crippen LogP contribution is -2.41. The summed E-state index contributed by atoms with van der Waals surface area (Å²) in [6.45, 7) is 10.8. The second-order valence-electron chi connectivity index (χ2n) is 3.38. The van der Waals surface area contributed by atoms with E-state index in [0.717, 1.165) is 0 Å². The van der Waals surface area contributed by atoms with Gasteiger partial charge in [-0.2, -0.15) is 0 Å². The van der Waals surface area contributed by atoms with E-state index in [1.165, 1.54) is 32.1 Å². The maximum absolute atomic E-state index is 3.47. The van der Waals surface area contributed by atoms with Crippen molar-refractivity contribution in [3.05, 3.63) is 0 Å². The summed E-state index contributed by atoms with van der Waals surface area (Å²) >= 11 is 0. The van der Waals surface area contributed by atoms with Gasteiger partial charge in [0.15, 0.2) is 0 Å². The molecule has 0 amide bonds. The van der Waals surface area contributed by atoms with Crippen molar-refractivity contribution < 1.29 is 0 Å². The average molecular weight is 187 g/mol. The first-order chi connectivity index (χ1) is 6.24. The highest BCUT2D eigenvalue weighted by atomic mass is 14.9. The molecule has 0 radical (unpaired) electrons. The van der Waals surface area contributed by atoms with E-state index in [0.29, 0.717) is 5.54 Å². The molecule has 0 heterocycles. The molecule has 13 heavy (non-hydrogen) atoms. The van der Waals surface area contributed by atoms with Crippen LogP contribution in [0.25, 0.3) is 0 Å². The second kappa shape index (κ2) is 10.0. The highest BCUT2D eigenvalue weighted by molar-refractivity contribution is 4.83. The van der Waals surface area contributed by atoms with E-state index in [9.17, 15) is 0 Å². The fraction of sp³-hybridized carbons (Fsp3) is 1.00. The van der Waals surface area contributed by atoms with Gasteiger partial charge >= 0.3 is 0 Å². The van der Waals surface area contributed by atoms with Gasteiger partial charge in [-0.3, -0.25) is 0 Å². The lowest BCUT2D eigenvalue weighted by atomic mass is 9.86. The third-order valence-corrected chi connectivity index (χ3v) is 2.66. The standard InChI is InChI=1S/C10H23N.C2H6/c1-5-8-10(7-3,11-4)9-6-2;1-2/h11H,5-9H2,1-4H3;1-2H3. The number of hydrogen-bond acceptors (Lipinski definition) is 1. The Morgan fingerprint density at radius 3 is 1.46 bits per heavy atom. The Kier molecular flexibility index (Phi) is 11.9. The maximum atomic E-state index is 3.47. The molecule has 0 saturated carbocycles. The summed E-state index contributed by atoms with van der Waals surface area (Å²) in [7, 11) is 2.09. The molecule has 0 bridgehead atoms. The summed E-state index contributed by atoms with van der Waals surface area (Å²) in [5.74, 6) is 0. The molecule has 82 valence electrons. The van der Waals surface area contributed by atoms with Gasteiger partial charge in [0.1, 0.15) is 0 Å². The predicted octanol–water partition coefficient (Wildman–Crippen LogP) is 3.98. The second-order valence-corrected chi connectivity index (χ2v) is 3.38. The van der Waals surface area contributed by atoms with Crippen LogP contribution in [0.3, 0.4) is 0 Å². The van der Waals surface area contributed by atoms with Crippen LogP contribution in [0.1, 0.15) is 66.7 Å². The molecule has 1 nitrogen and oxygen atoms in total. The lowest BCUT2D eigenvalue weighted by molar-refractivity contribution is 0.285. The highest BCUT2D eigenvalue weighted by Crippen LogP contribution is 2.22. The maximum Gasteiger partial charge on any atom is 0.0175 e. The molecule has 0 unspecified atom stereocenters. The zero-order chi connectivity index (χ0) is 10.7. The minimum absolute atomic E-state index is 0.434. The predicted molar refractivity (Wildman–Crippen MR) is 63.2 cm³/mol. The Hall–Kier alpha value is -0.0400. The van der Waals surface area contributed by atoms with Crippen molar-refractivity contribution in [2.75, 3.05) is 7.05 Å². The van der Waals surface area contributed by atoms with Gasteiger partial charge in [-0.05, 0) is 26.3 Å². The van der Waals surface area contributed by atoms with Crippen LogP contribution in [0.15, 0.2) is 0 Å². The van der Waals surface area contributed by atoms with Crippen molar-refractivity contribution >= 4 is 0 Å². The van der Waals surface area contributed by atoms with Gasteiger partial charge < -0.3 is 5.32 Å². The van der Waals surface area contributed by atoms with Crippen molar-refractivity contribution in [2.45, 2.75) is 72.3 Å². The molecule has 0 aromatic carbocycles. The van der Waals surface area contributed by atoms with Gasteiger partial charge in [0, 0.05) is 5.54 Å². The molecule has 0 aromatic heterocycles. The van der Waals surface area contributed by atoms with Crippen LogP contribution in [0.5, 0.6) is 0 Å². The summed E-state index contributed by atoms with van der Waals surface area (Å²) in [4.78, 5) is 0. The first-order valence-corrected chi connectivity index (χ1v) is 5.93. The quantitative estimate of drug-likeness (QED) is 0.663. The summed E-state index contributed by atoms with van der Waals surface area (Å²) in [6, 6.07) is 0. The summed E-state index contributed by atoms with van der Waals surface area (Å²) in [5.41, 5.74) is 0.434. The molecule has 0 aliphatic heterocycles. The zero-order valence-electron chi connectivity index (χ0n) is 10.5. The fourth-order valence-corrected chi connectivity index (χ4v) is 1.86. The van der Waals surface area contributed by atoms with Crippen molar-refractivity contribution in [3.63, 3.8) is 0 Å². The molecule has 0 aromatic rings. The Morgan fingerprint density at radius 2 is 1.31 bits per heavy atom. The van der Waals surface area contributed by atoms with E-state index in [-0.39, 0.29) is 0 Å². The molecule has 0 spiro atoms. The molecule has 0 atom stereocenters. The van der Waals surface area contributed by atoms with E-state index in [1.807, 2.05) is 13.8 Å². The number of nitrogens with one attached hydrogen (secondary N) is 1. The minimum atomic E-state index is 0.434. The van der Waals surface area contributed by atoms with E-state index in [4.69, 9.17) is 0 Å². The number of rotatable bonds is 6. The largest absolute Gasteiger partial charge is 0.314 e. The number of hydrogen-bond donors (Lipinski definition) is 1. The van der Waals surface area contributed by atoms with Crippen LogP contribution >= 0.6 is 0 Å². The van der Waals surface area contributed by atoms with Crippen molar-refractivity contribution in [1.82, 2.24) is 5.32 Å². The van der Waals surface area contributed by atoms with Crippen molar-refractivity contribution in [2.24, 2.45) is 0 Å². The molecule has 0 rings (SSSR count). The summed E-state index contributed by atoms with van der Waals surface area (Å²) in [6.07, 6.45) is 6.45. The Labute approximate surface area is 85.3 Å². The van der Waals surface area contributed by atoms with Crippen molar-refractivity contribution in [1.29, 1.82) is 0 Å². The van der Waals surface area contributed by atoms with Crippen LogP contribution in [-0.4, -0.2) is 12.6 Å². The zero-order valence-corrected chi connectivity index (χ0v) is 10.5. The van der Waals surface area contributed by atoms with Gasteiger partial charge in [-0.15, -0.1) is 0 Å². The van der Waals surface area contributed by atoms with Gasteiger partial charge in [-0.1, -0.05) is 47.5 Å². The first kappa shape index (κ1) is 15.4. The van der Waals surface area contributed by atoms with Crippen LogP contribution < -0.4 is 5.32 Å². The van der Waals surface area contributed by atoms with Gasteiger partial charge in [-0.25, -0.2) is 0 Å². The van der Waals surface area contributed by atoms with Crippen LogP contribution in [-0.2, 0) is 0 Å². The average Bonchev–Trinajstić information content (AvgIpc) is 2.20. The molecule has 0 aliphatic carbocycles.